The fraction of sp³-hybridized carbons (Fsp3) is 0.526. The molecule has 0 aliphatic heterocycles. The largest absolute Gasteiger partial charge is 0.506 e. The molecule has 0 atom stereocenters. The van der Waals surface area contributed by atoms with Gasteiger partial charge in [-0.3, -0.25) is 4.99 Å². The second-order valence-corrected chi connectivity index (χ2v) is 6.91. The second-order valence-electron chi connectivity index (χ2n) is 6.10. The number of phenolic OH excluding ortho intramolecular Hbond substituents is 1. The fourth-order valence-corrected chi connectivity index (χ4v) is 3.71. The summed E-state index contributed by atoms with van der Waals surface area (Å²) in [4.78, 5) is 4.29. The molecule has 0 heterocycles. The Hall–Kier alpha value is -1.19. The van der Waals surface area contributed by atoms with Gasteiger partial charge in [-0.2, -0.15) is 0 Å². The fourth-order valence-electron chi connectivity index (χ4n) is 3.20. The lowest BCUT2D eigenvalue weighted by atomic mass is 9.87. The maximum atomic E-state index is 10.4. The molecule has 1 aliphatic rings. The van der Waals surface area contributed by atoms with E-state index in [1.54, 1.807) is 12.3 Å². The molecule has 0 spiro atoms. The zero-order valence-corrected chi connectivity index (χ0v) is 15.8. The zero-order chi connectivity index (χ0) is 17.5. The van der Waals surface area contributed by atoms with E-state index < -0.39 is 0 Å². The Balaban J connectivity index is 2.22. The summed E-state index contributed by atoms with van der Waals surface area (Å²) in [5.41, 5.74) is 1.05. The Morgan fingerprint density at radius 1 is 1.25 bits per heavy atom. The first kappa shape index (κ1) is 19.1. The van der Waals surface area contributed by atoms with Crippen LogP contribution in [0.5, 0.6) is 11.5 Å². The monoisotopic (exact) mass is 369 g/mol. The summed E-state index contributed by atoms with van der Waals surface area (Å²) < 4.78 is 5.97. The number of halogens is 2. The van der Waals surface area contributed by atoms with Crippen LogP contribution in [0.25, 0.3) is 5.70 Å². The molecular weight excluding hydrogens is 345 g/mol. The van der Waals surface area contributed by atoms with E-state index in [2.05, 4.69) is 4.99 Å². The molecule has 1 aliphatic carbocycles. The molecule has 1 N–H and O–H groups in total. The van der Waals surface area contributed by atoms with Crippen LogP contribution in [0.3, 0.4) is 0 Å². The van der Waals surface area contributed by atoms with Gasteiger partial charge in [-0.1, -0.05) is 61.4 Å². The van der Waals surface area contributed by atoms with Crippen LogP contribution in [0.2, 0.25) is 10.0 Å². The van der Waals surface area contributed by atoms with Gasteiger partial charge in [-0.05, 0) is 32.3 Å². The average Bonchev–Trinajstić information content (AvgIpc) is 2.59. The van der Waals surface area contributed by atoms with E-state index in [0.29, 0.717) is 28.6 Å². The van der Waals surface area contributed by atoms with Crippen molar-refractivity contribution in [1.29, 1.82) is 0 Å². The highest BCUT2D eigenvalue weighted by Crippen LogP contribution is 2.44. The summed E-state index contributed by atoms with van der Waals surface area (Å²) in [7, 11) is 0. The molecule has 3 nitrogen and oxygen atoms in total. The highest BCUT2D eigenvalue weighted by atomic mass is 35.5. The Labute approximate surface area is 154 Å². The minimum atomic E-state index is -0.0487. The number of hydrogen-bond acceptors (Lipinski definition) is 3. The lowest BCUT2D eigenvalue weighted by molar-refractivity contribution is 0.245. The van der Waals surface area contributed by atoms with E-state index >= 15 is 0 Å². The predicted octanol–water partition coefficient (Wildman–Crippen LogP) is 6.50. The number of rotatable bonds is 6. The number of phenols is 1. The van der Waals surface area contributed by atoms with Gasteiger partial charge >= 0.3 is 0 Å². The second kappa shape index (κ2) is 9.33. The predicted molar refractivity (Wildman–Crippen MR) is 103 cm³/mol. The Morgan fingerprint density at radius 2 is 1.96 bits per heavy atom. The minimum absolute atomic E-state index is 0.0487. The van der Waals surface area contributed by atoms with Crippen LogP contribution >= 0.6 is 23.2 Å². The molecule has 132 valence electrons. The summed E-state index contributed by atoms with van der Waals surface area (Å²) in [6, 6.07) is 1.51. The van der Waals surface area contributed by atoms with Gasteiger partial charge in [0.25, 0.3) is 0 Å². The number of benzene rings is 1. The van der Waals surface area contributed by atoms with Gasteiger partial charge in [0.2, 0.25) is 0 Å². The van der Waals surface area contributed by atoms with Crippen LogP contribution in [0, 0.1) is 5.92 Å². The summed E-state index contributed by atoms with van der Waals surface area (Å²) in [6.07, 6.45) is 11.0. The van der Waals surface area contributed by atoms with Gasteiger partial charge in [0, 0.05) is 6.21 Å². The first-order valence-corrected chi connectivity index (χ1v) is 9.33. The van der Waals surface area contributed by atoms with Gasteiger partial charge in [-0.25, -0.2) is 0 Å². The van der Waals surface area contributed by atoms with E-state index in [9.17, 15) is 5.11 Å². The van der Waals surface area contributed by atoms with Crippen LogP contribution in [0.15, 0.2) is 17.1 Å². The molecule has 2 rings (SSSR count). The quantitative estimate of drug-likeness (QED) is 0.581. The van der Waals surface area contributed by atoms with Crippen LogP contribution in [0.4, 0.5) is 0 Å². The van der Waals surface area contributed by atoms with E-state index in [4.69, 9.17) is 27.9 Å². The van der Waals surface area contributed by atoms with Crippen molar-refractivity contribution in [3.8, 4) is 11.5 Å². The molecule has 0 bridgehead atoms. The van der Waals surface area contributed by atoms with Gasteiger partial charge < -0.3 is 9.84 Å². The number of ether oxygens (including phenoxy) is 1. The summed E-state index contributed by atoms with van der Waals surface area (Å²) >= 11 is 12.4. The topological polar surface area (TPSA) is 41.8 Å². The summed E-state index contributed by atoms with van der Waals surface area (Å²) in [5.74, 6) is 1.12. The SMILES string of the molecule is CC=NC(=CC)c1c(O)c(Cl)cc(Cl)c1OCCC1CCCCC1. The molecule has 1 saturated carbocycles. The van der Waals surface area contributed by atoms with Gasteiger partial charge in [0.1, 0.15) is 5.75 Å². The standard InChI is InChI=1S/C19H25Cl2NO2/c1-3-16(22-4-2)17-18(23)14(20)12-15(21)19(17)24-11-10-13-8-6-5-7-9-13/h3-4,12-13,23H,5-11H2,1-2H3. The van der Waals surface area contributed by atoms with E-state index in [-0.39, 0.29) is 10.8 Å². The minimum Gasteiger partial charge on any atom is -0.506 e. The van der Waals surface area contributed by atoms with Gasteiger partial charge in [-0.15, -0.1) is 0 Å². The molecule has 0 amide bonds. The van der Waals surface area contributed by atoms with E-state index in [1.165, 1.54) is 38.2 Å². The smallest absolute Gasteiger partial charge is 0.151 e. The normalized spacial score (nSPS) is 16.8. The summed E-state index contributed by atoms with van der Waals surface area (Å²) in [5, 5.41) is 11.0. The molecule has 1 aromatic carbocycles. The number of allylic oxidation sites excluding steroid dienone is 1. The van der Waals surface area contributed by atoms with Crippen molar-refractivity contribution in [2.24, 2.45) is 10.9 Å². The molecule has 1 fully saturated rings. The lowest BCUT2D eigenvalue weighted by Crippen LogP contribution is -2.11. The third-order valence-corrected chi connectivity index (χ3v) is 5.02. The maximum absolute atomic E-state index is 10.4. The zero-order valence-electron chi connectivity index (χ0n) is 14.3. The number of aliphatic imine (C=N–C) groups is 1. The first-order valence-electron chi connectivity index (χ1n) is 8.57. The molecule has 0 saturated heterocycles. The van der Waals surface area contributed by atoms with E-state index in [0.717, 1.165) is 12.3 Å². The maximum Gasteiger partial charge on any atom is 0.151 e. The van der Waals surface area contributed by atoms with Crippen LogP contribution in [-0.2, 0) is 0 Å². The van der Waals surface area contributed by atoms with Crippen molar-refractivity contribution in [3.63, 3.8) is 0 Å². The number of hydrogen-bond donors (Lipinski definition) is 1. The molecule has 5 heteroatoms. The Morgan fingerprint density at radius 3 is 2.58 bits per heavy atom. The van der Waals surface area contributed by atoms with Crippen molar-refractivity contribution in [3.05, 3.63) is 27.8 Å². The molecule has 0 aromatic heterocycles. The van der Waals surface area contributed by atoms with Crippen molar-refractivity contribution >= 4 is 35.1 Å². The molecule has 1 aromatic rings. The van der Waals surface area contributed by atoms with Gasteiger partial charge in [0.05, 0.1) is 27.9 Å². The highest BCUT2D eigenvalue weighted by Gasteiger charge is 2.21. The lowest BCUT2D eigenvalue weighted by Gasteiger charge is -2.22. The van der Waals surface area contributed by atoms with Crippen molar-refractivity contribution < 1.29 is 9.84 Å². The van der Waals surface area contributed by atoms with Gasteiger partial charge in [0.15, 0.2) is 5.75 Å². The molecule has 0 unspecified atom stereocenters. The molecule has 0 radical (unpaired) electrons. The molecular formula is C19H25Cl2NO2. The summed E-state index contributed by atoms with van der Waals surface area (Å²) in [6.45, 7) is 4.24. The van der Waals surface area contributed by atoms with Crippen molar-refractivity contribution in [2.75, 3.05) is 6.61 Å². The van der Waals surface area contributed by atoms with Crippen LogP contribution < -0.4 is 4.74 Å². The average molecular weight is 370 g/mol. The van der Waals surface area contributed by atoms with Crippen LogP contribution in [-0.4, -0.2) is 17.9 Å². The number of nitrogens with zero attached hydrogens (tertiary/aromatic N) is 1. The third kappa shape index (κ3) is 4.67. The third-order valence-electron chi connectivity index (χ3n) is 4.46. The van der Waals surface area contributed by atoms with Crippen molar-refractivity contribution in [1.82, 2.24) is 0 Å². The van der Waals surface area contributed by atoms with Crippen LogP contribution in [0.1, 0.15) is 57.9 Å². The Bertz CT molecular complexity index is 620. The number of aromatic hydroxyl groups is 1. The van der Waals surface area contributed by atoms with Crippen molar-refractivity contribution in [2.45, 2.75) is 52.4 Å². The first-order chi connectivity index (χ1) is 11.6. The molecule has 24 heavy (non-hydrogen) atoms. The highest BCUT2D eigenvalue weighted by molar-refractivity contribution is 6.37. The van der Waals surface area contributed by atoms with E-state index in [1.807, 2.05) is 13.8 Å². The Kier molecular flexibility index (Phi) is 7.44.